The van der Waals surface area contributed by atoms with Crippen LogP contribution in [0, 0.1) is 5.92 Å². The Morgan fingerprint density at radius 3 is 2.62 bits per heavy atom. The number of amides is 2. The van der Waals surface area contributed by atoms with E-state index in [-0.39, 0.29) is 12.1 Å². The second-order valence-corrected chi connectivity index (χ2v) is 6.21. The summed E-state index contributed by atoms with van der Waals surface area (Å²) in [5.74, 6) is -1.000. The third-order valence-electron chi connectivity index (χ3n) is 4.10. The standard InChI is InChI=1S/C19H20N2O3/c1-11(2)24-18(22)16-12(3)20-19(23)21-17(16)15-10-6-8-13-7-4-5-9-14(13)15/h4-11,16-17H,1-3H3,(H,21,23). The molecule has 24 heavy (non-hydrogen) atoms. The Bertz CT molecular complexity index is 821. The van der Waals surface area contributed by atoms with Crippen molar-refractivity contribution < 1.29 is 14.3 Å². The van der Waals surface area contributed by atoms with Gasteiger partial charge < -0.3 is 10.1 Å². The van der Waals surface area contributed by atoms with E-state index in [9.17, 15) is 9.59 Å². The normalized spacial score (nSPS) is 20.7. The maximum atomic E-state index is 12.6. The predicted octanol–water partition coefficient (Wildman–Crippen LogP) is 3.63. The number of nitrogens with zero attached hydrogens (tertiary/aromatic N) is 1. The second kappa shape index (κ2) is 6.43. The van der Waals surface area contributed by atoms with Gasteiger partial charge in [-0.15, -0.1) is 0 Å². The number of benzene rings is 2. The minimum atomic E-state index is -0.629. The summed E-state index contributed by atoms with van der Waals surface area (Å²) in [6.45, 7) is 5.31. The average molecular weight is 324 g/mol. The van der Waals surface area contributed by atoms with E-state index in [2.05, 4.69) is 10.3 Å². The molecule has 1 aliphatic rings. The van der Waals surface area contributed by atoms with Crippen LogP contribution < -0.4 is 5.32 Å². The Kier molecular flexibility index (Phi) is 4.34. The molecule has 0 radical (unpaired) electrons. The highest BCUT2D eigenvalue weighted by molar-refractivity contribution is 6.08. The summed E-state index contributed by atoms with van der Waals surface area (Å²) >= 11 is 0. The Balaban J connectivity index is 2.10. The number of carbonyl (C=O) groups is 2. The van der Waals surface area contributed by atoms with Crippen LogP contribution in [0.25, 0.3) is 10.8 Å². The molecule has 5 nitrogen and oxygen atoms in total. The van der Waals surface area contributed by atoms with Gasteiger partial charge in [-0.1, -0.05) is 42.5 Å². The first-order valence-corrected chi connectivity index (χ1v) is 8.01. The number of aliphatic imine (C=N–C) groups is 1. The third-order valence-corrected chi connectivity index (χ3v) is 4.10. The molecule has 2 amide bonds. The van der Waals surface area contributed by atoms with Gasteiger partial charge in [0, 0.05) is 5.71 Å². The first kappa shape index (κ1) is 16.2. The number of urea groups is 1. The topological polar surface area (TPSA) is 67.8 Å². The number of nitrogens with one attached hydrogen (secondary N) is 1. The van der Waals surface area contributed by atoms with E-state index in [0.29, 0.717) is 5.71 Å². The van der Waals surface area contributed by atoms with Crippen LogP contribution in [0.15, 0.2) is 47.5 Å². The van der Waals surface area contributed by atoms with E-state index in [1.54, 1.807) is 20.8 Å². The zero-order valence-electron chi connectivity index (χ0n) is 13.9. The fourth-order valence-corrected chi connectivity index (χ4v) is 3.11. The molecule has 0 spiro atoms. The molecule has 2 aromatic carbocycles. The van der Waals surface area contributed by atoms with Gasteiger partial charge in [-0.05, 0) is 37.1 Å². The van der Waals surface area contributed by atoms with Gasteiger partial charge >= 0.3 is 12.0 Å². The summed E-state index contributed by atoms with van der Waals surface area (Å²) in [5, 5.41) is 4.89. The van der Waals surface area contributed by atoms with Crippen LogP contribution in [0.5, 0.6) is 0 Å². The SMILES string of the molecule is CC1=NC(=O)NC(c2cccc3ccccc23)C1C(=O)OC(C)C. The molecule has 1 aliphatic heterocycles. The van der Waals surface area contributed by atoms with Crippen molar-refractivity contribution in [3.05, 3.63) is 48.0 Å². The molecule has 2 atom stereocenters. The molecule has 0 saturated carbocycles. The van der Waals surface area contributed by atoms with Crippen LogP contribution in [0.4, 0.5) is 4.79 Å². The maximum Gasteiger partial charge on any atom is 0.341 e. The zero-order chi connectivity index (χ0) is 17.3. The molecule has 3 rings (SSSR count). The van der Waals surface area contributed by atoms with Crippen LogP contribution in [0.2, 0.25) is 0 Å². The number of ether oxygens (including phenoxy) is 1. The van der Waals surface area contributed by atoms with E-state index in [1.807, 2.05) is 42.5 Å². The highest BCUT2D eigenvalue weighted by Crippen LogP contribution is 2.33. The first-order chi connectivity index (χ1) is 11.5. The molecule has 0 aliphatic carbocycles. The van der Waals surface area contributed by atoms with Gasteiger partial charge in [-0.3, -0.25) is 4.79 Å². The van der Waals surface area contributed by atoms with Crippen molar-refractivity contribution in [2.45, 2.75) is 32.9 Å². The highest BCUT2D eigenvalue weighted by atomic mass is 16.5. The lowest BCUT2D eigenvalue weighted by Gasteiger charge is -2.31. The fourth-order valence-electron chi connectivity index (χ4n) is 3.11. The van der Waals surface area contributed by atoms with Crippen molar-refractivity contribution in [2.75, 3.05) is 0 Å². The van der Waals surface area contributed by atoms with Crippen molar-refractivity contribution in [1.29, 1.82) is 0 Å². The molecule has 1 heterocycles. The minimum absolute atomic E-state index is 0.226. The molecule has 124 valence electrons. The molecule has 0 aromatic heterocycles. The van der Waals surface area contributed by atoms with Crippen molar-refractivity contribution in [1.82, 2.24) is 5.32 Å². The largest absolute Gasteiger partial charge is 0.462 e. The number of carbonyl (C=O) groups excluding carboxylic acids is 2. The van der Waals surface area contributed by atoms with E-state index in [0.717, 1.165) is 16.3 Å². The smallest absolute Gasteiger partial charge is 0.341 e. The quantitative estimate of drug-likeness (QED) is 0.877. The molecule has 0 saturated heterocycles. The van der Waals surface area contributed by atoms with Gasteiger partial charge in [-0.25, -0.2) is 9.79 Å². The highest BCUT2D eigenvalue weighted by Gasteiger charge is 2.38. The average Bonchev–Trinajstić information content (AvgIpc) is 2.52. The molecular weight excluding hydrogens is 304 g/mol. The molecule has 0 fully saturated rings. The van der Waals surface area contributed by atoms with Crippen molar-refractivity contribution in [2.24, 2.45) is 10.9 Å². The van der Waals surface area contributed by atoms with Gasteiger partial charge in [0.2, 0.25) is 0 Å². The Morgan fingerprint density at radius 2 is 1.88 bits per heavy atom. The Hall–Kier alpha value is -2.69. The van der Waals surface area contributed by atoms with Crippen LogP contribution in [0.3, 0.4) is 0 Å². The Morgan fingerprint density at radius 1 is 1.17 bits per heavy atom. The lowest BCUT2D eigenvalue weighted by molar-refractivity contribution is -0.150. The summed E-state index contributed by atoms with van der Waals surface area (Å²) in [6, 6.07) is 12.8. The summed E-state index contributed by atoms with van der Waals surface area (Å²) in [5.41, 5.74) is 1.36. The molecule has 0 bridgehead atoms. The lowest BCUT2D eigenvalue weighted by atomic mass is 9.86. The van der Waals surface area contributed by atoms with Gasteiger partial charge in [0.05, 0.1) is 12.1 Å². The van der Waals surface area contributed by atoms with Gasteiger partial charge in [0.1, 0.15) is 5.92 Å². The van der Waals surface area contributed by atoms with Crippen LogP contribution in [0.1, 0.15) is 32.4 Å². The van der Waals surface area contributed by atoms with E-state index >= 15 is 0 Å². The molecule has 5 heteroatoms. The van der Waals surface area contributed by atoms with Gasteiger partial charge in [0.25, 0.3) is 0 Å². The number of hydrogen-bond acceptors (Lipinski definition) is 3. The molecule has 2 aromatic rings. The number of esters is 1. The van der Waals surface area contributed by atoms with Crippen LogP contribution in [-0.2, 0) is 9.53 Å². The lowest BCUT2D eigenvalue weighted by Crippen LogP contribution is -2.44. The molecule has 1 N–H and O–H groups in total. The van der Waals surface area contributed by atoms with E-state index in [1.165, 1.54) is 0 Å². The number of hydrogen-bond donors (Lipinski definition) is 1. The van der Waals surface area contributed by atoms with Crippen molar-refractivity contribution >= 4 is 28.5 Å². The Labute approximate surface area is 140 Å². The predicted molar refractivity (Wildman–Crippen MR) is 93.0 cm³/mol. The van der Waals surface area contributed by atoms with Crippen molar-refractivity contribution in [3.63, 3.8) is 0 Å². The summed E-state index contributed by atoms with van der Waals surface area (Å²) in [4.78, 5) is 28.4. The molecule has 2 unspecified atom stereocenters. The third kappa shape index (κ3) is 3.02. The van der Waals surface area contributed by atoms with Crippen molar-refractivity contribution in [3.8, 4) is 0 Å². The van der Waals surface area contributed by atoms with Gasteiger partial charge in [-0.2, -0.15) is 0 Å². The summed E-state index contributed by atoms with van der Waals surface area (Å²) in [6.07, 6.45) is -0.226. The van der Waals surface area contributed by atoms with Crippen LogP contribution >= 0.6 is 0 Å². The minimum Gasteiger partial charge on any atom is -0.462 e. The van der Waals surface area contributed by atoms with Crippen LogP contribution in [-0.4, -0.2) is 23.8 Å². The summed E-state index contributed by atoms with van der Waals surface area (Å²) < 4.78 is 5.39. The van der Waals surface area contributed by atoms with E-state index < -0.39 is 18.0 Å². The second-order valence-electron chi connectivity index (χ2n) is 6.21. The fraction of sp³-hybridized carbons (Fsp3) is 0.316. The summed E-state index contributed by atoms with van der Waals surface area (Å²) in [7, 11) is 0. The monoisotopic (exact) mass is 324 g/mol. The first-order valence-electron chi connectivity index (χ1n) is 8.01. The maximum absolute atomic E-state index is 12.6. The van der Waals surface area contributed by atoms with Gasteiger partial charge in [0.15, 0.2) is 0 Å². The molecular formula is C19H20N2O3. The number of rotatable bonds is 3. The number of fused-ring (bicyclic) bond motifs is 1. The van der Waals surface area contributed by atoms with E-state index in [4.69, 9.17) is 4.74 Å². The zero-order valence-corrected chi connectivity index (χ0v) is 13.9.